The molecule has 0 unspecified atom stereocenters. The van der Waals surface area contributed by atoms with E-state index in [1.54, 1.807) is 24.3 Å². The Morgan fingerprint density at radius 2 is 1.34 bits per heavy atom. The number of hydrogen-bond acceptors (Lipinski definition) is 3. The molecule has 0 aliphatic heterocycles. The minimum atomic E-state index is -2.53. The molecule has 0 aliphatic carbocycles. The van der Waals surface area contributed by atoms with E-state index in [0.29, 0.717) is 33.6 Å². The van der Waals surface area contributed by atoms with Crippen molar-refractivity contribution in [2.45, 2.75) is 10.7 Å². The zero-order valence-electron chi connectivity index (χ0n) is 14.9. The monoisotopic (exact) mass is 416 g/mol. The molecule has 0 saturated heterocycles. The largest absolute Gasteiger partial charge is 0.322 e. The van der Waals surface area contributed by atoms with Crippen LogP contribution in [0.1, 0.15) is 20.7 Å². The third-order valence-corrected chi connectivity index (χ3v) is 4.53. The molecule has 2 N–H and O–H groups in total. The molecule has 0 heterocycles. The number of amides is 2. The van der Waals surface area contributed by atoms with Crippen LogP contribution in [0.2, 0.25) is 0 Å². The van der Waals surface area contributed by atoms with E-state index in [1.165, 1.54) is 48.5 Å². The average molecular weight is 416 g/mol. The standard InChI is InChI=1S/C21H15F3N2O2S/c22-15-4-2-6-17(12-15)26-20(28)14-3-1-5-16(11-14)25-19(27)13-7-9-18(10-8-13)29-21(23)24/h1-12,21H,(H,25,27)(H,26,28). The number of rotatable bonds is 6. The maximum Gasteiger partial charge on any atom is 0.288 e. The first-order valence-corrected chi connectivity index (χ1v) is 9.32. The van der Waals surface area contributed by atoms with Crippen LogP contribution >= 0.6 is 11.8 Å². The summed E-state index contributed by atoms with van der Waals surface area (Å²) in [4.78, 5) is 25.1. The van der Waals surface area contributed by atoms with Crippen molar-refractivity contribution in [2.24, 2.45) is 0 Å². The van der Waals surface area contributed by atoms with Gasteiger partial charge >= 0.3 is 0 Å². The molecule has 0 radical (unpaired) electrons. The summed E-state index contributed by atoms with van der Waals surface area (Å²) in [5, 5.41) is 5.23. The summed E-state index contributed by atoms with van der Waals surface area (Å²) in [6.07, 6.45) is 0. The number of hydrogen-bond donors (Lipinski definition) is 2. The minimum Gasteiger partial charge on any atom is -0.322 e. The predicted molar refractivity (Wildman–Crippen MR) is 107 cm³/mol. The van der Waals surface area contributed by atoms with E-state index in [2.05, 4.69) is 10.6 Å². The summed E-state index contributed by atoms with van der Waals surface area (Å²) >= 11 is 0.397. The van der Waals surface area contributed by atoms with Gasteiger partial charge in [-0.15, -0.1) is 0 Å². The highest BCUT2D eigenvalue weighted by molar-refractivity contribution is 7.99. The molecule has 3 rings (SSSR count). The molecule has 0 atom stereocenters. The Kier molecular flexibility index (Phi) is 6.56. The van der Waals surface area contributed by atoms with Gasteiger partial charge in [-0.25, -0.2) is 4.39 Å². The Morgan fingerprint density at radius 1 is 0.759 bits per heavy atom. The normalized spacial score (nSPS) is 10.6. The summed E-state index contributed by atoms with van der Waals surface area (Å²) < 4.78 is 38.0. The fourth-order valence-corrected chi connectivity index (χ4v) is 3.00. The molecule has 0 bridgehead atoms. The molecule has 3 aromatic rings. The Balaban J connectivity index is 1.67. The number of halogens is 3. The van der Waals surface area contributed by atoms with Crippen molar-refractivity contribution in [1.82, 2.24) is 0 Å². The first kappa shape index (κ1) is 20.5. The zero-order valence-corrected chi connectivity index (χ0v) is 15.7. The van der Waals surface area contributed by atoms with Crippen LogP contribution in [-0.2, 0) is 0 Å². The molecule has 0 aromatic heterocycles. The summed E-state index contributed by atoms with van der Waals surface area (Å²) in [7, 11) is 0. The maximum absolute atomic E-state index is 13.2. The number of carbonyl (C=O) groups excluding carboxylic acids is 2. The van der Waals surface area contributed by atoms with Crippen LogP contribution in [0.15, 0.2) is 77.7 Å². The van der Waals surface area contributed by atoms with Crippen molar-refractivity contribution in [3.63, 3.8) is 0 Å². The topological polar surface area (TPSA) is 58.2 Å². The van der Waals surface area contributed by atoms with Gasteiger partial charge in [-0.1, -0.05) is 23.9 Å². The number of benzene rings is 3. The van der Waals surface area contributed by atoms with Gasteiger partial charge in [0.05, 0.1) is 0 Å². The van der Waals surface area contributed by atoms with Crippen molar-refractivity contribution < 1.29 is 22.8 Å². The van der Waals surface area contributed by atoms with Crippen molar-refractivity contribution in [3.05, 3.63) is 89.7 Å². The van der Waals surface area contributed by atoms with Crippen LogP contribution in [0.25, 0.3) is 0 Å². The van der Waals surface area contributed by atoms with Crippen molar-refractivity contribution in [2.75, 3.05) is 10.6 Å². The third-order valence-electron chi connectivity index (χ3n) is 3.81. The maximum atomic E-state index is 13.2. The smallest absolute Gasteiger partial charge is 0.288 e. The third kappa shape index (κ3) is 5.86. The van der Waals surface area contributed by atoms with Gasteiger partial charge in [0.2, 0.25) is 0 Å². The van der Waals surface area contributed by atoms with Gasteiger partial charge in [0.1, 0.15) is 5.82 Å². The van der Waals surface area contributed by atoms with Gasteiger partial charge in [-0.05, 0) is 60.7 Å². The number of anilines is 2. The van der Waals surface area contributed by atoms with E-state index in [9.17, 15) is 22.8 Å². The second-order valence-electron chi connectivity index (χ2n) is 5.90. The molecule has 2 amide bonds. The fraction of sp³-hybridized carbons (Fsp3) is 0.0476. The highest BCUT2D eigenvalue weighted by Gasteiger charge is 2.11. The average Bonchev–Trinajstić information content (AvgIpc) is 2.68. The van der Waals surface area contributed by atoms with E-state index in [-0.39, 0.29) is 5.56 Å². The number of alkyl halides is 2. The van der Waals surface area contributed by atoms with Gasteiger partial charge < -0.3 is 10.6 Å². The van der Waals surface area contributed by atoms with Crippen LogP contribution in [0.4, 0.5) is 24.5 Å². The molecule has 148 valence electrons. The van der Waals surface area contributed by atoms with Gasteiger partial charge in [-0.2, -0.15) is 8.78 Å². The van der Waals surface area contributed by atoms with Gasteiger partial charge in [-0.3, -0.25) is 9.59 Å². The lowest BCUT2D eigenvalue weighted by molar-refractivity contribution is 0.101. The van der Waals surface area contributed by atoms with Crippen LogP contribution in [-0.4, -0.2) is 17.6 Å². The molecule has 0 saturated carbocycles. The molecular formula is C21H15F3N2O2S. The Labute approximate surface area is 169 Å². The highest BCUT2D eigenvalue weighted by Crippen LogP contribution is 2.25. The van der Waals surface area contributed by atoms with Crippen LogP contribution in [0.3, 0.4) is 0 Å². The second kappa shape index (κ2) is 9.29. The number of carbonyl (C=O) groups is 2. The molecule has 4 nitrogen and oxygen atoms in total. The first-order valence-electron chi connectivity index (χ1n) is 8.44. The molecule has 29 heavy (non-hydrogen) atoms. The quantitative estimate of drug-likeness (QED) is 0.511. The molecule has 3 aromatic carbocycles. The van der Waals surface area contributed by atoms with E-state index in [1.807, 2.05) is 0 Å². The van der Waals surface area contributed by atoms with E-state index < -0.39 is 23.4 Å². The Hall–Kier alpha value is -3.26. The van der Waals surface area contributed by atoms with E-state index >= 15 is 0 Å². The van der Waals surface area contributed by atoms with E-state index in [0.717, 1.165) is 0 Å². The van der Waals surface area contributed by atoms with Gasteiger partial charge in [0.15, 0.2) is 0 Å². The number of thioether (sulfide) groups is 1. The van der Waals surface area contributed by atoms with Crippen LogP contribution in [0.5, 0.6) is 0 Å². The first-order chi connectivity index (χ1) is 13.9. The van der Waals surface area contributed by atoms with Gasteiger partial charge in [0.25, 0.3) is 17.6 Å². The fourth-order valence-electron chi connectivity index (χ4n) is 2.50. The van der Waals surface area contributed by atoms with Crippen molar-refractivity contribution in [1.29, 1.82) is 0 Å². The lowest BCUT2D eigenvalue weighted by Crippen LogP contribution is -2.14. The SMILES string of the molecule is O=C(Nc1cccc(C(=O)Nc2cccc(F)c2)c1)c1ccc(SC(F)F)cc1. The molecular weight excluding hydrogens is 401 g/mol. The molecule has 0 spiro atoms. The highest BCUT2D eigenvalue weighted by atomic mass is 32.2. The summed E-state index contributed by atoms with van der Waals surface area (Å²) in [6, 6.07) is 17.5. The molecule has 8 heteroatoms. The summed E-state index contributed by atoms with van der Waals surface area (Å²) in [5.74, 6) is -3.90. The lowest BCUT2D eigenvalue weighted by Gasteiger charge is -2.09. The lowest BCUT2D eigenvalue weighted by atomic mass is 10.1. The zero-order chi connectivity index (χ0) is 20.8. The van der Waals surface area contributed by atoms with E-state index in [4.69, 9.17) is 0 Å². The summed E-state index contributed by atoms with van der Waals surface area (Å²) in [5.41, 5.74) is 1.26. The Bertz CT molecular complexity index is 1030. The summed E-state index contributed by atoms with van der Waals surface area (Å²) in [6.45, 7) is 0. The van der Waals surface area contributed by atoms with Crippen LogP contribution in [0, 0.1) is 5.82 Å². The van der Waals surface area contributed by atoms with Gasteiger partial charge in [0, 0.05) is 27.4 Å². The molecule has 0 fully saturated rings. The Morgan fingerprint density at radius 3 is 1.97 bits per heavy atom. The van der Waals surface area contributed by atoms with Crippen molar-refractivity contribution >= 4 is 35.0 Å². The number of nitrogens with one attached hydrogen (secondary N) is 2. The second-order valence-corrected chi connectivity index (χ2v) is 6.97. The molecule has 0 aliphatic rings. The minimum absolute atomic E-state index is 0.274. The van der Waals surface area contributed by atoms with Crippen molar-refractivity contribution in [3.8, 4) is 0 Å². The predicted octanol–water partition coefficient (Wildman–Crippen LogP) is 5.65. The van der Waals surface area contributed by atoms with Crippen LogP contribution < -0.4 is 10.6 Å².